The van der Waals surface area contributed by atoms with Gasteiger partial charge in [0, 0.05) is 31.3 Å². The van der Waals surface area contributed by atoms with E-state index in [-0.39, 0.29) is 10.6 Å². The van der Waals surface area contributed by atoms with Gasteiger partial charge in [0.05, 0.1) is 4.92 Å². The molecule has 20 heavy (non-hydrogen) atoms. The largest absolute Gasteiger partial charge is 0.311 e. The van der Waals surface area contributed by atoms with E-state index >= 15 is 0 Å². The van der Waals surface area contributed by atoms with Crippen LogP contribution >= 0.6 is 0 Å². The van der Waals surface area contributed by atoms with Crippen LogP contribution in [0.4, 0.5) is 5.69 Å². The van der Waals surface area contributed by atoms with Crippen LogP contribution in [0, 0.1) is 17.0 Å². The Morgan fingerprint density at radius 3 is 2.65 bits per heavy atom. The zero-order chi connectivity index (χ0) is 15.0. The molecule has 0 aromatic heterocycles. The van der Waals surface area contributed by atoms with E-state index < -0.39 is 0 Å². The Bertz CT molecular complexity index is 435. The molecule has 0 radical (unpaired) electrons. The number of nitro groups is 1. The highest BCUT2D eigenvalue weighted by molar-refractivity contribution is 5.42. The molecule has 0 bridgehead atoms. The van der Waals surface area contributed by atoms with Crippen LogP contribution in [0.3, 0.4) is 0 Å². The minimum Gasteiger partial charge on any atom is -0.311 e. The van der Waals surface area contributed by atoms with Crippen molar-refractivity contribution in [3.8, 4) is 0 Å². The van der Waals surface area contributed by atoms with Gasteiger partial charge in [0.1, 0.15) is 0 Å². The molecule has 1 aromatic carbocycles. The topological polar surface area (TPSA) is 58.4 Å². The standard InChI is InChI=1S/C15H25N3O2/c1-4-9-17(5-2)10-8-16-12-14-7-6-13(3)15(11-14)18(19)20/h6-7,11,16H,4-5,8-10,12H2,1-3H3. The second kappa shape index (κ2) is 8.66. The zero-order valence-electron chi connectivity index (χ0n) is 12.7. The fourth-order valence-corrected chi connectivity index (χ4v) is 2.18. The fraction of sp³-hybridized carbons (Fsp3) is 0.600. The summed E-state index contributed by atoms with van der Waals surface area (Å²) < 4.78 is 0. The Hall–Kier alpha value is -1.46. The first kappa shape index (κ1) is 16.6. The minimum absolute atomic E-state index is 0.200. The lowest BCUT2D eigenvalue weighted by molar-refractivity contribution is -0.385. The number of likely N-dealkylation sites (N-methyl/N-ethyl adjacent to an activating group) is 1. The van der Waals surface area contributed by atoms with Gasteiger partial charge in [0.15, 0.2) is 0 Å². The molecule has 5 heteroatoms. The van der Waals surface area contributed by atoms with Gasteiger partial charge in [-0.05, 0) is 32.0 Å². The maximum atomic E-state index is 10.9. The molecule has 1 rings (SSSR count). The molecule has 0 fully saturated rings. The third-order valence-corrected chi connectivity index (χ3v) is 3.39. The maximum Gasteiger partial charge on any atom is 0.272 e. The first-order chi connectivity index (χ1) is 9.58. The van der Waals surface area contributed by atoms with Gasteiger partial charge in [-0.2, -0.15) is 0 Å². The second-order valence-corrected chi connectivity index (χ2v) is 4.99. The van der Waals surface area contributed by atoms with Crippen LogP contribution in [0.2, 0.25) is 0 Å². The number of hydrogen-bond donors (Lipinski definition) is 1. The van der Waals surface area contributed by atoms with Gasteiger partial charge in [0.25, 0.3) is 5.69 Å². The van der Waals surface area contributed by atoms with Gasteiger partial charge in [-0.3, -0.25) is 10.1 Å². The summed E-state index contributed by atoms with van der Waals surface area (Å²) in [7, 11) is 0. The van der Waals surface area contributed by atoms with Crippen molar-refractivity contribution in [3.05, 3.63) is 39.4 Å². The molecule has 0 atom stereocenters. The predicted octanol–water partition coefficient (Wildman–Crippen LogP) is 2.72. The number of benzene rings is 1. The monoisotopic (exact) mass is 279 g/mol. The van der Waals surface area contributed by atoms with Gasteiger partial charge in [-0.25, -0.2) is 0 Å². The fourth-order valence-electron chi connectivity index (χ4n) is 2.18. The zero-order valence-corrected chi connectivity index (χ0v) is 12.7. The Morgan fingerprint density at radius 2 is 2.05 bits per heavy atom. The molecule has 1 N–H and O–H groups in total. The van der Waals surface area contributed by atoms with Crippen LogP contribution in [0.5, 0.6) is 0 Å². The molecule has 112 valence electrons. The summed E-state index contributed by atoms with van der Waals surface area (Å²) in [6.45, 7) is 10.9. The summed E-state index contributed by atoms with van der Waals surface area (Å²) in [5.41, 5.74) is 1.87. The molecule has 0 aliphatic carbocycles. The summed E-state index contributed by atoms with van der Waals surface area (Å²) in [6, 6.07) is 5.41. The smallest absolute Gasteiger partial charge is 0.272 e. The van der Waals surface area contributed by atoms with Crippen molar-refractivity contribution in [1.29, 1.82) is 0 Å². The lowest BCUT2D eigenvalue weighted by Gasteiger charge is -2.19. The third-order valence-electron chi connectivity index (χ3n) is 3.39. The van der Waals surface area contributed by atoms with Crippen molar-refractivity contribution in [2.45, 2.75) is 33.7 Å². The Kier molecular flexibility index (Phi) is 7.18. The van der Waals surface area contributed by atoms with E-state index in [2.05, 4.69) is 24.1 Å². The molecule has 0 spiro atoms. The molecule has 0 aliphatic heterocycles. The molecule has 0 heterocycles. The van der Waals surface area contributed by atoms with E-state index in [9.17, 15) is 10.1 Å². The van der Waals surface area contributed by atoms with Crippen LogP contribution < -0.4 is 5.32 Å². The molecule has 0 unspecified atom stereocenters. The maximum absolute atomic E-state index is 10.9. The van der Waals surface area contributed by atoms with E-state index in [0.717, 1.165) is 38.2 Å². The number of aryl methyl sites for hydroxylation is 1. The first-order valence-corrected chi connectivity index (χ1v) is 7.25. The summed E-state index contributed by atoms with van der Waals surface area (Å²) in [5.74, 6) is 0. The lowest BCUT2D eigenvalue weighted by atomic mass is 10.1. The van der Waals surface area contributed by atoms with Crippen molar-refractivity contribution in [1.82, 2.24) is 10.2 Å². The Balaban J connectivity index is 2.42. The number of hydrogen-bond acceptors (Lipinski definition) is 4. The van der Waals surface area contributed by atoms with Crippen LogP contribution in [-0.2, 0) is 6.54 Å². The van der Waals surface area contributed by atoms with E-state index in [0.29, 0.717) is 12.1 Å². The van der Waals surface area contributed by atoms with Crippen LogP contribution in [-0.4, -0.2) is 36.0 Å². The average molecular weight is 279 g/mol. The summed E-state index contributed by atoms with van der Waals surface area (Å²) in [4.78, 5) is 13.0. The normalized spacial score (nSPS) is 11.0. The Morgan fingerprint density at radius 1 is 1.30 bits per heavy atom. The van der Waals surface area contributed by atoms with Crippen molar-refractivity contribution >= 4 is 5.69 Å². The van der Waals surface area contributed by atoms with E-state index in [1.165, 1.54) is 0 Å². The van der Waals surface area contributed by atoms with E-state index in [1.807, 2.05) is 12.1 Å². The van der Waals surface area contributed by atoms with Gasteiger partial charge in [-0.1, -0.05) is 26.0 Å². The number of rotatable bonds is 9. The third kappa shape index (κ3) is 5.27. The van der Waals surface area contributed by atoms with E-state index in [4.69, 9.17) is 0 Å². The molecule has 0 amide bonds. The summed E-state index contributed by atoms with van der Waals surface area (Å²) >= 11 is 0. The molecule has 5 nitrogen and oxygen atoms in total. The molecule has 0 aliphatic rings. The second-order valence-electron chi connectivity index (χ2n) is 4.99. The van der Waals surface area contributed by atoms with Crippen molar-refractivity contribution in [3.63, 3.8) is 0 Å². The molecular formula is C15H25N3O2. The highest BCUT2D eigenvalue weighted by Gasteiger charge is 2.10. The molecule has 0 saturated heterocycles. The number of nitro benzene ring substituents is 1. The number of nitrogens with zero attached hydrogens (tertiary/aromatic N) is 2. The van der Waals surface area contributed by atoms with Crippen LogP contribution in [0.1, 0.15) is 31.4 Å². The molecule has 1 aromatic rings. The summed E-state index contributed by atoms with van der Waals surface area (Å²) in [6.07, 6.45) is 1.16. The SMILES string of the molecule is CCCN(CC)CCNCc1ccc(C)c([N+](=O)[O-])c1. The highest BCUT2D eigenvalue weighted by Crippen LogP contribution is 2.18. The summed E-state index contributed by atoms with van der Waals surface area (Å²) in [5, 5.41) is 14.2. The van der Waals surface area contributed by atoms with Crippen molar-refractivity contribution in [2.75, 3.05) is 26.2 Å². The van der Waals surface area contributed by atoms with Crippen LogP contribution in [0.15, 0.2) is 18.2 Å². The average Bonchev–Trinajstić information content (AvgIpc) is 2.43. The first-order valence-electron chi connectivity index (χ1n) is 7.25. The lowest BCUT2D eigenvalue weighted by Crippen LogP contribution is -2.32. The van der Waals surface area contributed by atoms with Gasteiger partial charge >= 0.3 is 0 Å². The quantitative estimate of drug-likeness (QED) is 0.429. The predicted molar refractivity (Wildman–Crippen MR) is 81.9 cm³/mol. The van der Waals surface area contributed by atoms with Crippen LogP contribution in [0.25, 0.3) is 0 Å². The van der Waals surface area contributed by atoms with Gasteiger partial charge in [0.2, 0.25) is 0 Å². The van der Waals surface area contributed by atoms with Gasteiger partial charge < -0.3 is 10.2 Å². The molecular weight excluding hydrogens is 254 g/mol. The highest BCUT2D eigenvalue weighted by atomic mass is 16.6. The van der Waals surface area contributed by atoms with Crippen molar-refractivity contribution < 1.29 is 4.92 Å². The Labute approximate surface area is 121 Å². The van der Waals surface area contributed by atoms with E-state index in [1.54, 1.807) is 13.0 Å². The minimum atomic E-state index is -0.321. The van der Waals surface area contributed by atoms with Gasteiger partial charge in [-0.15, -0.1) is 0 Å². The number of nitrogens with one attached hydrogen (secondary N) is 1. The molecule has 0 saturated carbocycles. The van der Waals surface area contributed by atoms with Crippen molar-refractivity contribution in [2.24, 2.45) is 0 Å².